The number of rotatable bonds is 2. The fourth-order valence-corrected chi connectivity index (χ4v) is 3.17. The maximum absolute atomic E-state index is 13.1. The van der Waals surface area contributed by atoms with Crippen molar-refractivity contribution in [1.82, 2.24) is 9.80 Å². The van der Waals surface area contributed by atoms with Crippen molar-refractivity contribution in [2.45, 2.75) is 0 Å². The fraction of sp³-hybridized carbons (Fsp3) is 0.167. The van der Waals surface area contributed by atoms with Crippen molar-refractivity contribution in [1.29, 1.82) is 10.5 Å². The van der Waals surface area contributed by atoms with E-state index in [0.717, 1.165) is 11.1 Å². The second-order valence-electron chi connectivity index (χ2n) is 7.17. The number of carbonyl (C=O) groups is 2. The van der Waals surface area contributed by atoms with Gasteiger partial charge in [-0.2, -0.15) is 10.5 Å². The molecule has 0 N–H and O–H groups in total. The molecule has 6 nitrogen and oxygen atoms in total. The zero-order chi connectivity index (χ0) is 21.7. The van der Waals surface area contributed by atoms with E-state index in [-0.39, 0.29) is 24.9 Å². The number of hydrogen-bond acceptors (Lipinski definition) is 4. The molecule has 2 aromatic rings. The summed E-state index contributed by atoms with van der Waals surface area (Å²) >= 11 is 0. The van der Waals surface area contributed by atoms with E-state index in [1.165, 1.54) is 4.90 Å². The molecule has 0 bridgehead atoms. The van der Waals surface area contributed by atoms with Crippen molar-refractivity contribution >= 4 is 24.0 Å². The van der Waals surface area contributed by atoms with E-state index in [9.17, 15) is 9.59 Å². The smallest absolute Gasteiger partial charge is 0.320 e. The van der Waals surface area contributed by atoms with E-state index in [4.69, 9.17) is 10.5 Å². The van der Waals surface area contributed by atoms with Crippen molar-refractivity contribution in [2.24, 2.45) is 0 Å². The van der Waals surface area contributed by atoms with Gasteiger partial charge in [-0.1, -0.05) is 24.3 Å². The largest absolute Gasteiger partial charge is 0.331 e. The van der Waals surface area contributed by atoms with Gasteiger partial charge in [-0.15, -0.1) is 0 Å². The molecule has 1 heterocycles. The number of benzene rings is 2. The lowest BCUT2D eigenvalue weighted by Crippen LogP contribution is -2.46. The van der Waals surface area contributed by atoms with Crippen LogP contribution in [0.4, 0.5) is 4.79 Å². The zero-order valence-electron chi connectivity index (χ0n) is 16.8. The maximum Gasteiger partial charge on any atom is 0.320 e. The summed E-state index contributed by atoms with van der Waals surface area (Å²) in [5.41, 5.74) is 3.65. The average molecular weight is 396 g/mol. The molecule has 2 aromatic carbocycles. The third-order valence-electron chi connectivity index (χ3n) is 4.72. The number of carbonyl (C=O) groups excluding carboxylic acids is 2. The van der Waals surface area contributed by atoms with Crippen LogP contribution < -0.4 is 0 Å². The minimum atomic E-state index is -0.182. The van der Waals surface area contributed by atoms with Gasteiger partial charge >= 0.3 is 6.03 Å². The number of likely N-dealkylation sites (tertiary alicyclic amines) is 1. The molecule has 1 saturated heterocycles. The van der Waals surface area contributed by atoms with Gasteiger partial charge in [0.2, 0.25) is 0 Å². The molecule has 3 rings (SSSR count). The number of amides is 2. The molecule has 30 heavy (non-hydrogen) atoms. The number of nitrogens with zero attached hydrogens (tertiary/aromatic N) is 4. The SMILES string of the molecule is CN(C)C(=O)N1CC(=Cc2ccc(C#N)cc2)C(=O)C(=Cc2ccc(C#N)cc2)C1. The van der Waals surface area contributed by atoms with Crippen LogP contribution in [-0.2, 0) is 4.79 Å². The summed E-state index contributed by atoms with van der Waals surface area (Å²) in [5, 5.41) is 17.9. The number of urea groups is 1. The second-order valence-corrected chi connectivity index (χ2v) is 7.17. The lowest BCUT2D eigenvalue weighted by atomic mass is 9.94. The van der Waals surface area contributed by atoms with E-state index in [0.29, 0.717) is 22.3 Å². The molecular weight excluding hydrogens is 376 g/mol. The topological polar surface area (TPSA) is 88.2 Å². The molecule has 1 aliphatic heterocycles. The van der Waals surface area contributed by atoms with Gasteiger partial charge in [0.05, 0.1) is 36.4 Å². The maximum atomic E-state index is 13.1. The van der Waals surface area contributed by atoms with Crippen molar-refractivity contribution in [3.8, 4) is 12.1 Å². The highest BCUT2D eigenvalue weighted by Gasteiger charge is 2.29. The minimum absolute atomic E-state index is 0.119. The summed E-state index contributed by atoms with van der Waals surface area (Å²) in [6, 6.07) is 17.8. The number of Topliss-reactive ketones (excluding diaryl/α,β-unsaturated/α-hetero) is 1. The van der Waals surface area contributed by atoms with Gasteiger partial charge in [0, 0.05) is 25.2 Å². The lowest BCUT2D eigenvalue weighted by molar-refractivity contribution is -0.113. The monoisotopic (exact) mass is 396 g/mol. The summed E-state index contributed by atoms with van der Waals surface area (Å²) in [7, 11) is 3.35. The van der Waals surface area contributed by atoms with E-state index < -0.39 is 0 Å². The number of hydrogen-bond donors (Lipinski definition) is 0. The van der Waals surface area contributed by atoms with Crippen LogP contribution in [0.5, 0.6) is 0 Å². The molecule has 0 atom stereocenters. The first-order chi connectivity index (χ1) is 14.4. The third-order valence-corrected chi connectivity index (χ3v) is 4.72. The Morgan fingerprint density at radius 3 is 1.60 bits per heavy atom. The number of nitriles is 2. The van der Waals surface area contributed by atoms with Crippen LogP contribution in [0.3, 0.4) is 0 Å². The van der Waals surface area contributed by atoms with Gasteiger partial charge in [0.25, 0.3) is 0 Å². The predicted molar refractivity (Wildman–Crippen MR) is 114 cm³/mol. The molecule has 0 unspecified atom stereocenters. The van der Waals surface area contributed by atoms with E-state index in [1.54, 1.807) is 79.7 Å². The summed E-state index contributed by atoms with van der Waals surface area (Å²) in [4.78, 5) is 28.8. The minimum Gasteiger partial charge on any atom is -0.331 e. The van der Waals surface area contributed by atoms with Gasteiger partial charge in [0.1, 0.15) is 0 Å². The molecule has 148 valence electrons. The molecule has 0 spiro atoms. The van der Waals surface area contributed by atoms with Gasteiger partial charge in [-0.25, -0.2) is 4.79 Å². The van der Waals surface area contributed by atoms with Crippen molar-refractivity contribution in [3.05, 3.63) is 81.9 Å². The quantitative estimate of drug-likeness (QED) is 0.727. The van der Waals surface area contributed by atoms with Crippen LogP contribution in [0.2, 0.25) is 0 Å². The van der Waals surface area contributed by atoms with Gasteiger partial charge in [-0.3, -0.25) is 4.79 Å². The first-order valence-electron chi connectivity index (χ1n) is 9.33. The van der Waals surface area contributed by atoms with E-state index in [1.807, 2.05) is 0 Å². The molecule has 0 radical (unpaired) electrons. The predicted octanol–water partition coefficient (Wildman–Crippen LogP) is 3.46. The molecular formula is C24H20N4O2. The highest BCUT2D eigenvalue weighted by molar-refractivity contribution is 6.15. The third kappa shape index (κ3) is 4.63. The Kier molecular flexibility index (Phi) is 6.10. The summed E-state index contributed by atoms with van der Waals surface area (Å²) in [6.07, 6.45) is 3.51. The Labute approximate surface area is 175 Å². The summed E-state index contributed by atoms with van der Waals surface area (Å²) in [5.74, 6) is -0.119. The summed E-state index contributed by atoms with van der Waals surface area (Å²) in [6.45, 7) is 0.418. The van der Waals surface area contributed by atoms with Crippen LogP contribution in [0.1, 0.15) is 22.3 Å². The molecule has 0 aliphatic carbocycles. The Morgan fingerprint density at radius 2 is 1.27 bits per heavy atom. The fourth-order valence-electron chi connectivity index (χ4n) is 3.17. The molecule has 1 aliphatic rings. The van der Waals surface area contributed by atoms with Crippen molar-refractivity contribution in [3.63, 3.8) is 0 Å². The zero-order valence-corrected chi connectivity index (χ0v) is 16.8. The molecule has 6 heteroatoms. The van der Waals surface area contributed by atoms with Gasteiger partial charge in [0.15, 0.2) is 5.78 Å². The van der Waals surface area contributed by atoms with Gasteiger partial charge < -0.3 is 9.80 Å². The van der Waals surface area contributed by atoms with E-state index >= 15 is 0 Å². The molecule has 1 fully saturated rings. The molecule has 2 amide bonds. The number of ketones is 1. The average Bonchev–Trinajstić information content (AvgIpc) is 2.76. The highest BCUT2D eigenvalue weighted by Crippen LogP contribution is 2.23. The number of piperidine rings is 1. The van der Waals surface area contributed by atoms with Crippen LogP contribution in [-0.4, -0.2) is 48.8 Å². The standard InChI is InChI=1S/C24H20N4O2/c1-27(2)24(30)28-15-21(11-17-3-7-19(13-25)8-4-17)23(29)22(16-28)12-18-5-9-20(14-26)10-6-18/h3-12H,15-16H2,1-2H3. The van der Waals surface area contributed by atoms with Crippen LogP contribution in [0.25, 0.3) is 12.2 Å². The lowest BCUT2D eigenvalue weighted by Gasteiger charge is -2.32. The van der Waals surface area contributed by atoms with Crippen LogP contribution in [0.15, 0.2) is 59.7 Å². The first kappa shape index (κ1) is 20.6. The Hall–Kier alpha value is -4.16. The summed E-state index contributed by atoms with van der Waals surface area (Å²) < 4.78 is 0. The van der Waals surface area contributed by atoms with Crippen molar-refractivity contribution < 1.29 is 9.59 Å². The first-order valence-corrected chi connectivity index (χ1v) is 9.33. The van der Waals surface area contributed by atoms with Gasteiger partial charge in [-0.05, 0) is 47.5 Å². The van der Waals surface area contributed by atoms with Crippen LogP contribution >= 0.6 is 0 Å². The normalized spacial score (nSPS) is 16.3. The highest BCUT2D eigenvalue weighted by atomic mass is 16.2. The van der Waals surface area contributed by atoms with Crippen LogP contribution in [0, 0.1) is 22.7 Å². The van der Waals surface area contributed by atoms with E-state index in [2.05, 4.69) is 12.1 Å². The Bertz CT molecular complexity index is 1030. The Balaban J connectivity index is 1.99. The van der Waals surface area contributed by atoms with Crippen molar-refractivity contribution in [2.75, 3.05) is 27.2 Å². The Morgan fingerprint density at radius 1 is 0.867 bits per heavy atom. The molecule has 0 aromatic heterocycles. The second kappa shape index (κ2) is 8.89. The molecule has 0 saturated carbocycles.